The van der Waals surface area contributed by atoms with E-state index in [4.69, 9.17) is 10.00 Å². The number of rotatable bonds is 4. The number of nitriles is 1. The van der Waals surface area contributed by atoms with E-state index in [9.17, 15) is 0 Å². The first-order valence-electron chi connectivity index (χ1n) is 3.74. The molecule has 0 heterocycles. The summed E-state index contributed by atoms with van der Waals surface area (Å²) in [6, 6.07) is 2.13. The van der Waals surface area contributed by atoms with E-state index < -0.39 is 0 Å². The highest BCUT2D eigenvalue weighted by atomic mass is 16.5. The topological polar surface area (TPSA) is 36.3 Å². The standard InChI is InChI=1S/C8H16N2O/c1-7(5-9)10(3)6-8(2)11-4/h7-8H,6H2,1-4H3. The lowest BCUT2D eigenvalue weighted by molar-refractivity contribution is 0.0808. The zero-order valence-corrected chi connectivity index (χ0v) is 7.66. The Bertz CT molecular complexity index is 142. The molecule has 0 aliphatic rings. The predicted octanol–water partition coefficient (Wildman–Crippen LogP) is 0.865. The monoisotopic (exact) mass is 156 g/mol. The normalized spacial score (nSPS) is 16.0. The van der Waals surface area contributed by atoms with Crippen molar-refractivity contribution in [2.45, 2.75) is 26.0 Å². The van der Waals surface area contributed by atoms with Gasteiger partial charge in [0.15, 0.2) is 0 Å². The van der Waals surface area contributed by atoms with Crippen LogP contribution >= 0.6 is 0 Å². The van der Waals surface area contributed by atoms with Gasteiger partial charge in [-0.05, 0) is 20.9 Å². The molecule has 0 N–H and O–H groups in total. The second-order valence-electron chi connectivity index (χ2n) is 2.79. The molecule has 0 aromatic carbocycles. The van der Waals surface area contributed by atoms with E-state index in [1.165, 1.54) is 0 Å². The molecule has 3 heteroatoms. The van der Waals surface area contributed by atoms with Gasteiger partial charge < -0.3 is 4.74 Å². The minimum Gasteiger partial charge on any atom is -0.380 e. The molecule has 2 atom stereocenters. The molecule has 0 aromatic heterocycles. The molecule has 0 amide bonds. The van der Waals surface area contributed by atoms with Crippen molar-refractivity contribution in [1.82, 2.24) is 4.90 Å². The fourth-order valence-electron chi connectivity index (χ4n) is 0.737. The average molecular weight is 156 g/mol. The Balaban J connectivity index is 3.69. The van der Waals surface area contributed by atoms with Crippen molar-refractivity contribution < 1.29 is 4.74 Å². The fraction of sp³-hybridized carbons (Fsp3) is 0.875. The summed E-state index contributed by atoms with van der Waals surface area (Å²) < 4.78 is 5.06. The van der Waals surface area contributed by atoms with Crippen LogP contribution in [0.1, 0.15) is 13.8 Å². The molecule has 0 bridgehead atoms. The summed E-state index contributed by atoms with van der Waals surface area (Å²) in [5.74, 6) is 0. The molecular weight excluding hydrogens is 140 g/mol. The summed E-state index contributed by atoms with van der Waals surface area (Å²) in [6.45, 7) is 4.66. The van der Waals surface area contributed by atoms with Gasteiger partial charge in [0.1, 0.15) is 0 Å². The number of nitrogens with zero attached hydrogens (tertiary/aromatic N) is 2. The highest BCUT2D eigenvalue weighted by molar-refractivity contribution is 4.86. The Morgan fingerprint density at radius 2 is 2.09 bits per heavy atom. The molecule has 0 saturated carbocycles. The van der Waals surface area contributed by atoms with E-state index >= 15 is 0 Å². The summed E-state index contributed by atoms with van der Waals surface area (Å²) >= 11 is 0. The van der Waals surface area contributed by atoms with Crippen molar-refractivity contribution in [2.75, 3.05) is 20.7 Å². The lowest BCUT2D eigenvalue weighted by Gasteiger charge is -2.21. The third-order valence-corrected chi connectivity index (χ3v) is 1.80. The van der Waals surface area contributed by atoms with Crippen LogP contribution in [0.4, 0.5) is 0 Å². The third kappa shape index (κ3) is 3.97. The van der Waals surface area contributed by atoms with Crippen molar-refractivity contribution in [3.8, 4) is 6.07 Å². The van der Waals surface area contributed by atoms with Gasteiger partial charge in [-0.15, -0.1) is 0 Å². The van der Waals surface area contributed by atoms with Crippen LogP contribution < -0.4 is 0 Å². The Kier molecular flexibility index (Phi) is 4.84. The molecule has 0 spiro atoms. The fourth-order valence-corrected chi connectivity index (χ4v) is 0.737. The highest BCUT2D eigenvalue weighted by Gasteiger charge is 2.10. The SMILES string of the molecule is COC(C)CN(C)C(C)C#N. The molecule has 0 rings (SSSR count). The molecule has 0 aliphatic heterocycles. The van der Waals surface area contributed by atoms with Gasteiger partial charge in [-0.3, -0.25) is 4.90 Å². The smallest absolute Gasteiger partial charge is 0.0947 e. The summed E-state index contributed by atoms with van der Waals surface area (Å²) in [4.78, 5) is 1.97. The molecule has 0 aliphatic carbocycles. The molecule has 0 fully saturated rings. The Hall–Kier alpha value is -0.590. The quantitative estimate of drug-likeness (QED) is 0.606. The Morgan fingerprint density at radius 1 is 1.55 bits per heavy atom. The maximum atomic E-state index is 8.56. The van der Waals surface area contributed by atoms with E-state index in [1.807, 2.05) is 25.8 Å². The van der Waals surface area contributed by atoms with Gasteiger partial charge in [0.05, 0.1) is 18.2 Å². The second-order valence-corrected chi connectivity index (χ2v) is 2.79. The van der Waals surface area contributed by atoms with Crippen LogP contribution in [0, 0.1) is 11.3 Å². The van der Waals surface area contributed by atoms with Crippen LogP contribution in [-0.2, 0) is 4.74 Å². The summed E-state index contributed by atoms with van der Waals surface area (Å²) in [7, 11) is 3.60. The van der Waals surface area contributed by atoms with E-state index in [-0.39, 0.29) is 12.1 Å². The van der Waals surface area contributed by atoms with E-state index in [2.05, 4.69) is 6.07 Å². The van der Waals surface area contributed by atoms with Gasteiger partial charge >= 0.3 is 0 Å². The van der Waals surface area contributed by atoms with Crippen LogP contribution in [0.2, 0.25) is 0 Å². The number of ether oxygens (including phenoxy) is 1. The van der Waals surface area contributed by atoms with Gasteiger partial charge in [-0.2, -0.15) is 5.26 Å². The third-order valence-electron chi connectivity index (χ3n) is 1.80. The zero-order chi connectivity index (χ0) is 8.85. The molecule has 0 aromatic rings. The van der Waals surface area contributed by atoms with Crippen molar-refractivity contribution in [3.63, 3.8) is 0 Å². The highest BCUT2D eigenvalue weighted by Crippen LogP contribution is 1.97. The Labute approximate surface area is 68.6 Å². The zero-order valence-electron chi connectivity index (χ0n) is 7.66. The average Bonchev–Trinajstić information content (AvgIpc) is 2.02. The van der Waals surface area contributed by atoms with E-state index in [1.54, 1.807) is 7.11 Å². The van der Waals surface area contributed by atoms with Gasteiger partial charge in [0, 0.05) is 13.7 Å². The summed E-state index contributed by atoms with van der Waals surface area (Å²) in [6.07, 6.45) is 0.191. The molecule has 3 nitrogen and oxygen atoms in total. The molecular formula is C8H16N2O. The van der Waals surface area contributed by atoms with Crippen LogP contribution in [0.5, 0.6) is 0 Å². The molecule has 2 unspecified atom stereocenters. The van der Waals surface area contributed by atoms with Crippen LogP contribution in [-0.4, -0.2) is 37.7 Å². The molecule has 0 radical (unpaired) electrons. The molecule has 0 saturated heterocycles. The van der Waals surface area contributed by atoms with Gasteiger partial charge in [-0.25, -0.2) is 0 Å². The number of methoxy groups -OCH3 is 1. The number of hydrogen-bond donors (Lipinski definition) is 0. The minimum absolute atomic E-state index is 0.0346. The van der Waals surface area contributed by atoms with Crippen molar-refractivity contribution in [1.29, 1.82) is 5.26 Å². The van der Waals surface area contributed by atoms with Crippen molar-refractivity contribution in [3.05, 3.63) is 0 Å². The van der Waals surface area contributed by atoms with E-state index in [0.29, 0.717) is 0 Å². The Morgan fingerprint density at radius 3 is 2.45 bits per heavy atom. The number of hydrogen-bond acceptors (Lipinski definition) is 3. The maximum Gasteiger partial charge on any atom is 0.0947 e. The maximum absolute atomic E-state index is 8.56. The van der Waals surface area contributed by atoms with Gasteiger partial charge in [0.2, 0.25) is 0 Å². The summed E-state index contributed by atoms with van der Waals surface area (Å²) in [5.41, 5.74) is 0. The van der Waals surface area contributed by atoms with E-state index in [0.717, 1.165) is 6.54 Å². The largest absolute Gasteiger partial charge is 0.380 e. The first-order valence-corrected chi connectivity index (χ1v) is 3.74. The predicted molar refractivity (Wildman–Crippen MR) is 44.2 cm³/mol. The van der Waals surface area contributed by atoms with Crippen LogP contribution in [0.3, 0.4) is 0 Å². The van der Waals surface area contributed by atoms with Crippen LogP contribution in [0.25, 0.3) is 0 Å². The lowest BCUT2D eigenvalue weighted by Crippen LogP contribution is -2.34. The molecule has 11 heavy (non-hydrogen) atoms. The van der Waals surface area contributed by atoms with Gasteiger partial charge in [0.25, 0.3) is 0 Å². The number of likely N-dealkylation sites (N-methyl/N-ethyl adjacent to an activating group) is 1. The van der Waals surface area contributed by atoms with Crippen molar-refractivity contribution >= 4 is 0 Å². The lowest BCUT2D eigenvalue weighted by atomic mass is 10.3. The van der Waals surface area contributed by atoms with Crippen molar-refractivity contribution in [2.24, 2.45) is 0 Å². The first-order chi connectivity index (χ1) is 5.11. The first kappa shape index (κ1) is 10.4. The molecule has 64 valence electrons. The second kappa shape index (κ2) is 5.11. The minimum atomic E-state index is -0.0346. The van der Waals surface area contributed by atoms with Gasteiger partial charge in [-0.1, -0.05) is 0 Å². The van der Waals surface area contributed by atoms with Crippen LogP contribution in [0.15, 0.2) is 0 Å². The summed E-state index contributed by atoms with van der Waals surface area (Å²) in [5, 5.41) is 8.56.